The maximum atomic E-state index is 10.3. The molecule has 0 aliphatic carbocycles. The molecule has 9 heavy (non-hydrogen) atoms. The number of carbonyl (C=O) groups is 1. The van der Waals surface area contributed by atoms with Crippen LogP contribution in [-0.4, -0.2) is 18.6 Å². The van der Waals surface area contributed by atoms with Gasteiger partial charge in [-0.05, 0) is 13.8 Å². The lowest BCUT2D eigenvalue weighted by Gasteiger charge is -2.04. The van der Waals surface area contributed by atoms with Gasteiger partial charge in [0.05, 0.1) is 12.6 Å². The van der Waals surface area contributed by atoms with Crippen molar-refractivity contribution in [1.82, 2.24) is 0 Å². The Kier molecular flexibility index (Phi) is 7.48. The van der Waals surface area contributed by atoms with E-state index in [-0.39, 0.29) is 31.0 Å². The SMILES string of the molecule is CC(C)OC(=O)CN.Cl. The minimum absolute atomic E-state index is 0. The number of carbonyl (C=O) groups excluding carboxylic acids is 1. The molecular weight excluding hydrogens is 142 g/mol. The summed E-state index contributed by atoms with van der Waals surface area (Å²) in [6.45, 7) is 3.54. The van der Waals surface area contributed by atoms with Gasteiger partial charge in [0, 0.05) is 0 Å². The highest BCUT2D eigenvalue weighted by molar-refractivity contribution is 5.85. The van der Waals surface area contributed by atoms with Gasteiger partial charge in [0.25, 0.3) is 0 Å². The molecular formula is C5H12ClNO2. The zero-order valence-corrected chi connectivity index (χ0v) is 6.40. The van der Waals surface area contributed by atoms with Crippen LogP contribution in [0.1, 0.15) is 13.8 Å². The Balaban J connectivity index is 0. The Morgan fingerprint density at radius 3 is 2.22 bits per heavy atom. The minimum atomic E-state index is -0.347. The minimum Gasteiger partial charge on any atom is -0.462 e. The summed E-state index contributed by atoms with van der Waals surface area (Å²) in [5, 5.41) is 0. The van der Waals surface area contributed by atoms with Crippen LogP contribution in [0.15, 0.2) is 0 Å². The third-order valence-electron chi connectivity index (χ3n) is 0.534. The molecule has 0 aliphatic heterocycles. The average molecular weight is 154 g/mol. The molecule has 0 spiro atoms. The predicted molar refractivity (Wildman–Crippen MR) is 37.5 cm³/mol. The Morgan fingerprint density at radius 2 is 2.11 bits per heavy atom. The van der Waals surface area contributed by atoms with E-state index in [1.54, 1.807) is 13.8 Å². The summed E-state index contributed by atoms with van der Waals surface area (Å²) in [6, 6.07) is 0. The van der Waals surface area contributed by atoms with E-state index in [1.807, 2.05) is 0 Å². The lowest BCUT2D eigenvalue weighted by atomic mass is 10.5. The van der Waals surface area contributed by atoms with Gasteiger partial charge in [-0.2, -0.15) is 0 Å². The van der Waals surface area contributed by atoms with E-state index in [2.05, 4.69) is 4.74 Å². The Labute approximate surface area is 61.0 Å². The first-order valence-corrected chi connectivity index (χ1v) is 2.56. The largest absolute Gasteiger partial charge is 0.462 e. The summed E-state index contributed by atoms with van der Waals surface area (Å²) >= 11 is 0. The van der Waals surface area contributed by atoms with Gasteiger partial charge in [0.15, 0.2) is 0 Å². The summed E-state index contributed by atoms with van der Waals surface area (Å²) in [4.78, 5) is 10.3. The molecule has 0 unspecified atom stereocenters. The van der Waals surface area contributed by atoms with Crippen molar-refractivity contribution in [2.75, 3.05) is 6.54 Å². The monoisotopic (exact) mass is 153 g/mol. The van der Waals surface area contributed by atoms with Gasteiger partial charge in [-0.1, -0.05) is 0 Å². The second-order valence-corrected chi connectivity index (χ2v) is 1.74. The Morgan fingerprint density at radius 1 is 1.67 bits per heavy atom. The molecule has 0 rings (SSSR count). The maximum Gasteiger partial charge on any atom is 0.319 e. The number of halogens is 1. The Hall–Kier alpha value is -0.280. The lowest BCUT2D eigenvalue weighted by Crippen LogP contribution is -2.20. The van der Waals surface area contributed by atoms with Crippen LogP contribution >= 0.6 is 12.4 Å². The molecule has 3 nitrogen and oxygen atoms in total. The van der Waals surface area contributed by atoms with Crippen molar-refractivity contribution in [2.24, 2.45) is 5.73 Å². The molecule has 0 radical (unpaired) electrons. The van der Waals surface area contributed by atoms with Gasteiger partial charge in [-0.25, -0.2) is 0 Å². The van der Waals surface area contributed by atoms with E-state index in [4.69, 9.17) is 5.73 Å². The summed E-state index contributed by atoms with van der Waals surface area (Å²) in [7, 11) is 0. The van der Waals surface area contributed by atoms with Crippen molar-refractivity contribution in [1.29, 1.82) is 0 Å². The molecule has 2 N–H and O–H groups in total. The quantitative estimate of drug-likeness (QED) is 0.582. The van der Waals surface area contributed by atoms with Crippen molar-refractivity contribution >= 4 is 18.4 Å². The van der Waals surface area contributed by atoms with Crippen LogP contribution < -0.4 is 5.73 Å². The van der Waals surface area contributed by atoms with Crippen LogP contribution in [0.5, 0.6) is 0 Å². The molecule has 0 fully saturated rings. The Bertz CT molecular complexity index is 85.0. The van der Waals surface area contributed by atoms with Gasteiger partial charge in [0.2, 0.25) is 0 Å². The highest BCUT2D eigenvalue weighted by atomic mass is 35.5. The molecule has 0 saturated heterocycles. The molecule has 0 aliphatic rings. The number of hydrogen-bond acceptors (Lipinski definition) is 3. The lowest BCUT2D eigenvalue weighted by molar-refractivity contribution is -0.145. The molecule has 0 atom stereocenters. The molecule has 0 aromatic carbocycles. The second kappa shape index (κ2) is 5.85. The zero-order valence-electron chi connectivity index (χ0n) is 5.59. The van der Waals surface area contributed by atoms with E-state index in [0.717, 1.165) is 0 Å². The highest BCUT2D eigenvalue weighted by Crippen LogP contribution is 1.85. The summed E-state index contributed by atoms with van der Waals surface area (Å²) in [5.74, 6) is -0.347. The van der Waals surface area contributed by atoms with E-state index < -0.39 is 0 Å². The third-order valence-corrected chi connectivity index (χ3v) is 0.534. The molecule has 0 bridgehead atoms. The molecule has 0 amide bonds. The number of esters is 1. The van der Waals surface area contributed by atoms with Crippen molar-refractivity contribution in [3.05, 3.63) is 0 Å². The zero-order chi connectivity index (χ0) is 6.57. The van der Waals surface area contributed by atoms with Gasteiger partial charge < -0.3 is 10.5 Å². The van der Waals surface area contributed by atoms with E-state index in [9.17, 15) is 4.79 Å². The fraction of sp³-hybridized carbons (Fsp3) is 0.800. The molecule has 0 heterocycles. The first kappa shape index (κ1) is 11.5. The fourth-order valence-electron chi connectivity index (χ4n) is 0.311. The molecule has 0 saturated carbocycles. The van der Waals surface area contributed by atoms with Gasteiger partial charge in [-0.15, -0.1) is 12.4 Å². The number of rotatable bonds is 2. The van der Waals surface area contributed by atoms with Crippen LogP contribution in [0, 0.1) is 0 Å². The fourth-order valence-corrected chi connectivity index (χ4v) is 0.311. The van der Waals surface area contributed by atoms with Crippen LogP contribution in [0.4, 0.5) is 0 Å². The molecule has 0 aromatic heterocycles. The van der Waals surface area contributed by atoms with Crippen molar-refractivity contribution in [3.8, 4) is 0 Å². The van der Waals surface area contributed by atoms with Gasteiger partial charge in [0.1, 0.15) is 0 Å². The number of nitrogens with two attached hydrogens (primary N) is 1. The van der Waals surface area contributed by atoms with E-state index >= 15 is 0 Å². The average Bonchev–Trinajstić information content (AvgIpc) is 1.65. The third kappa shape index (κ3) is 7.72. The van der Waals surface area contributed by atoms with Crippen LogP contribution in [0.3, 0.4) is 0 Å². The maximum absolute atomic E-state index is 10.3. The molecule has 56 valence electrons. The van der Waals surface area contributed by atoms with E-state index in [1.165, 1.54) is 0 Å². The summed E-state index contributed by atoms with van der Waals surface area (Å²) in [5.41, 5.74) is 4.95. The number of ether oxygens (including phenoxy) is 1. The highest BCUT2D eigenvalue weighted by Gasteiger charge is 1.99. The second-order valence-electron chi connectivity index (χ2n) is 1.74. The van der Waals surface area contributed by atoms with Crippen molar-refractivity contribution in [3.63, 3.8) is 0 Å². The number of hydrogen-bond donors (Lipinski definition) is 1. The van der Waals surface area contributed by atoms with Crippen LogP contribution in [0.2, 0.25) is 0 Å². The topological polar surface area (TPSA) is 52.3 Å². The first-order valence-electron chi connectivity index (χ1n) is 2.56. The normalized spacial score (nSPS) is 8.44. The molecule has 0 aromatic rings. The first-order chi connectivity index (χ1) is 3.66. The van der Waals surface area contributed by atoms with Gasteiger partial charge >= 0.3 is 5.97 Å². The van der Waals surface area contributed by atoms with Crippen molar-refractivity contribution < 1.29 is 9.53 Å². The van der Waals surface area contributed by atoms with Gasteiger partial charge in [-0.3, -0.25) is 4.79 Å². The smallest absolute Gasteiger partial charge is 0.319 e. The molecule has 4 heteroatoms. The van der Waals surface area contributed by atoms with Crippen molar-refractivity contribution in [2.45, 2.75) is 20.0 Å². The standard InChI is InChI=1S/C5H11NO2.ClH/c1-4(2)8-5(7)3-6;/h4H,3,6H2,1-2H3;1H. The van der Waals surface area contributed by atoms with Crippen LogP contribution in [-0.2, 0) is 9.53 Å². The summed E-state index contributed by atoms with van der Waals surface area (Å²) in [6.07, 6.45) is -0.0500. The van der Waals surface area contributed by atoms with E-state index in [0.29, 0.717) is 0 Å². The van der Waals surface area contributed by atoms with Crippen LogP contribution in [0.25, 0.3) is 0 Å². The summed E-state index contributed by atoms with van der Waals surface area (Å²) < 4.78 is 4.64. The predicted octanol–water partition coefficient (Wildman–Crippen LogP) is 0.318.